The molecule has 0 aliphatic rings. The molecule has 0 saturated heterocycles. The first-order valence-corrected chi connectivity index (χ1v) is 29.7. The van der Waals surface area contributed by atoms with Crippen LogP contribution in [0.5, 0.6) is 0 Å². The van der Waals surface area contributed by atoms with Crippen LogP contribution in [-0.4, -0.2) is 9.52 Å². The first kappa shape index (κ1) is 47.3. The molecule has 0 spiro atoms. The number of aryl methyl sites for hydroxylation is 6. The van der Waals surface area contributed by atoms with Crippen LogP contribution in [0.3, 0.4) is 0 Å². The molecule has 8 rings (SSSR count). The number of fused-ring (bicyclic) bond motifs is 2. The number of halogens is 2. The van der Waals surface area contributed by atoms with Crippen LogP contribution < -0.4 is 0 Å². The van der Waals surface area contributed by atoms with Crippen LogP contribution in [0.4, 0.5) is 0 Å². The summed E-state index contributed by atoms with van der Waals surface area (Å²) in [6, 6.07) is 54.4. The second-order valence-corrected chi connectivity index (χ2v) is 20.7. The molecule has 2 radical (unpaired) electrons. The van der Waals surface area contributed by atoms with E-state index in [9.17, 15) is 0 Å². The fraction of sp³-hybridized carbons (Fsp3) is 0.250. The van der Waals surface area contributed by atoms with E-state index in [1.807, 2.05) is 0 Å². The monoisotopic (exact) mass is 920 g/mol. The van der Waals surface area contributed by atoms with Crippen LogP contribution >= 0.6 is 17.0 Å². The molecular formula is C56H60Cl2SiZr. The predicted molar refractivity (Wildman–Crippen MR) is 266 cm³/mol. The third kappa shape index (κ3) is 12.6. The molecule has 0 heterocycles. The Morgan fingerprint density at radius 2 is 0.683 bits per heavy atom. The van der Waals surface area contributed by atoms with E-state index in [1.54, 1.807) is 0 Å². The van der Waals surface area contributed by atoms with Crippen molar-refractivity contribution in [1.82, 2.24) is 0 Å². The molecule has 0 aliphatic carbocycles. The van der Waals surface area contributed by atoms with E-state index in [0.717, 1.165) is 22.4 Å². The molecule has 0 N–H and O–H groups in total. The predicted octanol–water partition coefficient (Wildman–Crippen LogP) is 17.9. The van der Waals surface area contributed by atoms with Gasteiger partial charge in [-0.05, 0) is 51.7 Å². The van der Waals surface area contributed by atoms with Gasteiger partial charge in [-0.25, -0.2) is 0 Å². The van der Waals surface area contributed by atoms with Gasteiger partial charge in [0.15, 0.2) is 0 Å². The van der Waals surface area contributed by atoms with Gasteiger partial charge in [-0.1, -0.05) is 230 Å². The molecule has 0 fully saturated rings. The van der Waals surface area contributed by atoms with E-state index >= 15 is 0 Å². The fourth-order valence-electron chi connectivity index (χ4n) is 7.71. The summed E-state index contributed by atoms with van der Waals surface area (Å²) in [5.74, 6) is 0. The molecule has 0 bridgehead atoms. The zero-order valence-corrected chi connectivity index (χ0v) is 41.8. The maximum atomic E-state index is 4.93. The van der Waals surface area contributed by atoms with Crippen molar-refractivity contribution in [3.05, 3.63) is 179 Å². The second-order valence-electron chi connectivity index (χ2n) is 15.9. The molecule has 0 nitrogen and oxygen atoms in total. The Morgan fingerprint density at radius 3 is 0.950 bits per heavy atom. The normalized spacial score (nSPS) is 10.6. The molecule has 8 aromatic carbocycles. The van der Waals surface area contributed by atoms with Crippen LogP contribution in [0.2, 0.25) is 13.1 Å². The Bertz CT molecular complexity index is 2160. The van der Waals surface area contributed by atoms with Crippen LogP contribution in [0, 0.1) is 27.7 Å². The van der Waals surface area contributed by atoms with Crippen molar-refractivity contribution < 1.29 is 20.8 Å². The summed E-state index contributed by atoms with van der Waals surface area (Å²) in [6.07, 6.45) is 7.28. The Labute approximate surface area is 382 Å². The van der Waals surface area contributed by atoms with Gasteiger partial charge in [0.1, 0.15) is 0 Å². The molecule has 306 valence electrons. The minimum atomic E-state index is -0.826. The van der Waals surface area contributed by atoms with Crippen LogP contribution in [0.1, 0.15) is 72.9 Å². The van der Waals surface area contributed by atoms with Gasteiger partial charge in [0, 0.05) is 9.52 Å². The summed E-state index contributed by atoms with van der Waals surface area (Å²) < 4.78 is 0. The van der Waals surface area contributed by atoms with E-state index in [1.165, 1.54) is 125 Å². The van der Waals surface area contributed by atoms with Crippen LogP contribution in [0.25, 0.3) is 66.1 Å². The molecular weight excluding hydrogens is 863 g/mol. The van der Waals surface area contributed by atoms with Gasteiger partial charge in [-0.15, -0.1) is 44.8 Å². The summed E-state index contributed by atoms with van der Waals surface area (Å²) in [7, 11) is 11.0. The Hall–Kier alpha value is -3.78. The zero-order valence-electron chi connectivity index (χ0n) is 36.9. The Kier molecular flexibility index (Phi) is 18.9. The van der Waals surface area contributed by atoms with Crippen molar-refractivity contribution >= 4 is 48.1 Å². The SMILES string of the molecule is CCCCc1cc2c(-c3ccc(C)cc3)ccc(-c3ccc(C)cc3)c2[cH-]1.CCCCc1cc2c(-c3ccc(C)cc3)ccc(-c3ccc(C)cc3)c2[cH-]1.C[Si]C.[Cl][Zr+2][Cl]. The molecule has 4 heteroatoms. The third-order valence-corrected chi connectivity index (χ3v) is 11.0. The molecule has 60 heavy (non-hydrogen) atoms. The average molecular weight is 923 g/mol. The molecule has 0 amide bonds. The molecule has 8 aromatic rings. The summed E-state index contributed by atoms with van der Waals surface area (Å²) in [4.78, 5) is 0. The van der Waals surface area contributed by atoms with Crippen molar-refractivity contribution in [2.75, 3.05) is 0 Å². The number of unbranched alkanes of at least 4 members (excludes halogenated alkanes) is 2. The number of hydrogen-bond donors (Lipinski definition) is 0. The molecule has 0 aromatic heterocycles. The van der Waals surface area contributed by atoms with Crippen molar-refractivity contribution in [2.45, 2.75) is 93.2 Å². The quantitative estimate of drug-likeness (QED) is 0.0947. The molecule has 0 aliphatic heterocycles. The van der Waals surface area contributed by atoms with Crippen molar-refractivity contribution in [1.29, 1.82) is 0 Å². The van der Waals surface area contributed by atoms with Gasteiger partial charge in [0.05, 0.1) is 0 Å². The first-order chi connectivity index (χ1) is 29.1. The molecule has 0 atom stereocenters. The number of hydrogen-bond acceptors (Lipinski definition) is 0. The second kappa shape index (κ2) is 24.0. The van der Waals surface area contributed by atoms with Crippen LogP contribution in [0.15, 0.2) is 146 Å². The Morgan fingerprint density at radius 1 is 0.433 bits per heavy atom. The number of rotatable bonds is 10. The van der Waals surface area contributed by atoms with Gasteiger partial charge in [-0.3, -0.25) is 0 Å². The van der Waals surface area contributed by atoms with E-state index in [0.29, 0.717) is 0 Å². The first-order valence-electron chi connectivity index (χ1n) is 21.4. The topological polar surface area (TPSA) is 0 Å². The van der Waals surface area contributed by atoms with Gasteiger partial charge >= 0.3 is 37.9 Å². The summed E-state index contributed by atoms with van der Waals surface area (Å²) in [5, 5.41) is 5.51. The van der Waals surface area contributed by atoms with Crippen molar-refractivity contribution in [3.63, 3.8) is 0 Å². The fourth-order valence-corrected chi connectivity index (χ4v) is 7.71. The average Bonchev–Trinajstić information content (AvgIpc) is 3.89. The molecule has 0 saturated carbocycles. The van der Waals surface area contributed by atoms with E-state index < -0.39 is 20.8 Å². The van der Waals surface area contributed by atoms with Crippen LogP contribution in [-0.2, 0) is 33.7 Å². The number of benzene rings is 6. The summed E-state index contributed by atoms with van der Waals surface area (Å²) in [5.41, 5.74) is 18.7. The molecule has 0 unspecified atom stereocenters. The third-order valence-electron chi connectivity index (χ3n) is 11.0. The van der Waals surface area contributed by atoms with Crippen molar-refractivity contribution in [2.24, 2.45) is 0 Å². The van der Waals surface area contributed by atoms with Gasteiger partial charge in [0.2, 0.25) is 0 Å². The standard InChI is InChI=1S/2C27H27.C2H6Si.2ClH.Zr/c2*1-4-5-6-21-17-26-24(22-11-7-19(2)8-12-22)15-16-25(27(26)18-21)23-13-9-20(3)10-14-23;1-3-2;;;/h2*7-18H,4-6H2,1-3H3;1-2H3;2*1H;/q2*-1;;;;+4/p-2. The zero-order chi connectivity index (χ0) is 43.0. The van der Waals surface area contributed by atoms with Gasteiger partial charge < -0.3 is 0 Å². The van der Waals surface area contributed by atoms with Gasteiger partial charge in [0.25, 0.3) is 0 Å². The van der Waals surface area contributed by atoms with Gasteiger partial charge in [-0.2, -0.15) is 12.1 Å². The van der Waals surface area contributed by atoms with E-state index in [-0.39, 0.29) is 0 Å². The van der Waals surface area contributed by atoms with E-state index in [2.05, 4.69) is 200 Å². The minimum absolute atomic E-state index is 0.826. The summed E-state index contributed by atoms with van der Waals surface area (Å²) in [6.45, 7) is 17.4. The summed E-state index contributed by atoms with van der Waals surface area (Å²) >= 11 is -0.826. The Balaban J connectivity index is 0.000000201. The van der Waals surface area contributed by atoms with Crippen molar-refractivity contribution in [3.8, 4) is 44.5 Å². The maximum absolute atomic E-state index is 4.93. The van der Waals surface area contributed by atoms with E-state index in [4.69, 9.17) is 17.0 Å².